The molecule has 3 heteroatoms. The Kier molecular flexibility index (Phi) is 4.27. The average Bonchev–Trinajstić information content (AvgIpc) is 2.78. The van der Waals surface area contributed by atoms with Crippen LogP contribution in [0, 0.1) is 5.92 Å². The van der Waals surface area contributed by atoms with Crippen molar-refractivity contribution in [3.8, 4) is 0 Å². The molecule has 110 valence electrons. The van der Waals surface area contributed by atoms with Gasteiger partial charge in [-0.3, -0.25) is 0 Å². The van der Waals surface area contributed by atoms with Crippen LogP contribution in [0.2, 0.25) is 0 Å². The fourth-order valence-electron chi connectivity index (χ4n) is 3.61. The summed E-state index contributed by atoms with van der Waals surface area (Å²) in [6.45, 7) is 5.91. The van der Waals surface area contributed by atoms with Gasteiger partial charge in [0, 0.05) is 37.9 Å². The molecule has 0 radical (unpaired) electrons. The van der Waals surface area contributed by atoms with Crippen LogP contribution in [-0.4, -0.2) is 37.5 Å². The summed E-state index contributed by atoms with van der Waals surface area (Å²) in [6.07, 6.45) is 3.00. The van der Waals surface area contributed by atoms with Crippen molar-refractivity contribution in [1.29, 1.82) is 0 Å². The van der Waals surface area contributed by atoms with Crippen molar-refractivity contribution in [2.45, 2.75) is 38.2 Å². The van der Waals surface area contributed by atoms with Gasteiger partial charge in [0.1, 0.15) is 0 Å². The molecule has 2 unspecified atom stereocenters. The lowest BCUT2D eigenvalue weighted by Gasteiger charge is -2.29. The van der Waals surface area contributed by atoms with E-state index < -0.39 is 0 Å². The number of rotatable bonds is 4. The normalized spacial score (nSPS) is 24.7. The lowest BCUT2D eigenvalue weighted by Crippen LogP contribution is -2.32. The first-order chi connectivity index (χ1) is 9.74. The van der Waals surface area contributed by atoms with Gasteiger partial charge in [-0.05, 0) is 43.7 Å². The van der Waals surface area contributed by atoms with Gasteiger partial charge in [-0.15, -0.1) is 0 Å². The van der Waals surface area contributed by atoms with Crippen molar-refractivity contribution < 1.29 is 9.84 Å². The number of ether oxygens (including phenoxy) is 1. The van der Waals surface area contributed by atoms with E-state index in [0.717, 1.165) is 38.6 Å². The molecular formula is C17H25NO2. The number of nitrogens with zero attached hydrogens (tertiary/aromatic N) is 1. The van der Waals surface area contributed by atoms with E-state index in [1.807, 2.05) is 6.92 Å². The second-order valence-corrected chi connectivity index (χ2v) is 6.30. The number of benzene rings is 1. The van der Waals surface area contributed by atoms with E-state index in [2.05, 4.69) is 29.2 Å². The van der Waals surface area contributed by atoms with Crippen LogP contribution in [0.3, 0.4) is 0 Å². The predicted octanol–water partition coefficient (Wildman–Crippen LogP) is 2.79. The summed E-state index contributed by atoms with van der Waals surface area (Å²) in [7, 11) is 0. The average molecular weight is 275 g/mol. The smallest absolute Gasteiger partial charge is 0.0518 e. The summed E-state index contributed by atoms with van der Waals surface area (Å²) in [6, 6.07) is 8.70. The second kappa shape index (κ2) is 6.15. The number of fused-ring (bicyclic) bond motifs is 1. The highest BCUT2D eigenvalue weighted by atomic mass is 16.5. The van der Waals surface area contributed by atoms with Crippen molar-refractivity contribution in [1.82, 2.24) is 0 Å². The van der Waals surface area contributed by atoms with Crippen LogP contribution < -0.4 is 4.90 Å². The molecule has 1 N–H and O–H groups in total. The fraction of sp³-hybridized carbons (Fsp3) is 0.647. The molecule has 20 heavy (non-hydrogen) atoms. The molecule has 0 aromatic heterocycles. The van der Waals surface area contributed by atoms with E-state index in [4.69, 9.17) is 4.74 Å². The van der Waals surface area contributed by atoms with E-state index >= 15 is 0 Å². The summed E-state index contributed by atoms with van der Waals surface area (Å²) in [5, 5.41) is 9.71. The molecular weight excluding hydrogens is 250 g/mol. The van der Waals surface area contributed by atoms with E-state index in [1.54, 1.807) is 0 Å². The van der Waals surface area contributed by atoms with Crippen LogP contribution in [0.4, 0.5) is 5.69 Å². The summed E-state index contributed by atoms with van der Waals surface area (Å²) < 4.78 is 5.46. The van der Waals surface area contributed by atoms with E-state index in [-0.39, 0.29) is 6.10 Å². The minimum Gasteiger partial charge on any atom is -0.393 e. The van der Waals surface area contributed by atoms with Gasteiger partial charge in [0.2, 0.25) is 0 Å². The Balaban J connectivity index is 1.72. The van der Waals surface area contributed by atoms with Gasteiger partial charge >= 0.3 is 0 Å². The number of aliphatic hydroxyl groups excluding tert-OH is 1. The third kappa shape index (κ3) is 2.99. The van der Waals surface area contributed by atoms with Gasteiger partial charge in [0.25, 0.3) is 0 Å². The van der Waals surface area contributed by atoms with E-state index in [0.29, 0.717) is 5.92 Å². The zero-order valence-corrected chi connectivity index (χ0v) is 12.3. The molecule has 1 fully saturated rings. The first kappa shape index (κ1) is 13.9. The Morgan fingerprint density at radius 2 is 2.05 bits per heavy atom. The van der Waals surface area contributed by atoms with E-state index in [9.17, 15) is 5.11 Å². The minimum absolute atomic E-state index is 0.226. The standard InChI is InChI=1S/C17H25NO2/c1-13(19)10-15-12-18(11-14-6-8-20-9-7-14)17-5-3-2-4-16(15)17/h2-5,13-15,19H,6-12H2,1H3. The lowest BCUT2D eigenvalue weighted by molar-refractivity contribution is 0.0682. The molecule has 1 aromatic rings. The molecule has 3 nitrogen and oxygen atoms in total. The second-order valence-electron chi connectivity index (χ2n) is 6.30. The van der Waals surface area contributed by atoms with Crippen LogP contribution in [-0.2, 0) is 4.74 Å². The Morgan fingerprint density at radius 1 is 1.30 bits per heavy atom. The van der Waals surface area contributed by atoms with Crippen LogP contribution in [0.5, 0.6) is 0 Å². The van der Waals surface area contributed by atoms with Crippen molar-refractivity contribution >= 4 is 5.69 Å². The SMILES string of the molecule is CC(O)CC1CN(CC2CCOCC2)c2ccccc21. The lowest BCUT2D eigenvalue weighted by atomic mass is 9.96. The molecule has 1 saturated heterocycles. The Morgan fingerprint density at radius 3 is 2.80 bits per heavy atom. The summed E-state index contributed by atoms with van der Waals surface area (Å²) in [5.41, 5.74) is 2.80. The van der Waals surface area contributed by atoms with Crippen molar-refractivity contribution in [2.24, 2.45) is 5.92 Å². The largest absolute Gasteiger partial charge is 0.393 e. The number of aliphatic hydroxyl groups is 1. The first-order valence-electron chi connectivity index (χ1n) is 7.83. The Bertz CT molecular complexity index is 440. The third-order valence-corrected chi connectivity index (χ3v) is 4.60. The predicted molar refractivity (Wildman–Crippen MR) is 81.2 cm³/mol. The van der Waals surface area contributed by atoms with Gasteiger partial charge in [-0.25, -0.2) is 0 Å². The van der Waals surface area contributed by atoms with Gasteiger partial charge in [0.05, 0.1) is 6.10 Å². The fourth-order valence-corrected chi connectivity index (χ4v) is 3.61. The number of hydrogen-bond acceptors (Lipinski definition) is 3. The third-order valence-electron chi connectivity index (χ3n) is 4.60. The minimum atomic E-state index is -0.226. The molecule has 3 rings (SSSR count). The van der Waals surface area contributed by atoms with Crippen molar-refractivity contribution in [3.05, 3.63) is 29.8 Å². The highest BCUT2D eigenvalue weighted by molar-refractivity contribution is 5.60. The van der Waals surface area contributed by atoms with Crippen LogP contribution in [0.1, 0.15) is 37.7 Å². The zero-order valence-electron chi connectivity index (χ0n) is 12.3. The first-order valence-corrected chi connectivity index (χ1v) is 7.83. The Hall–Kier alpha value is -1.06. The summed E-state index contributed by atoms with van der Waals surface area (Å²) in [5.74, 6) is 1.23. The topological polar surface area (TPSA) is 32.7 Å². The molecule has 0 aliphatic carbocycles. The van der Waals surface area contributed by atoms with Crippen molar-refractivity contribution in [2.75, 3.05) is 31.2 Å². The van der Waals surface area contributed by atoms with Crippen molar-refractivity contribution in [3.63, 3.8) is 0 Å². The van der Waals surface area contributed by atoms with Gasteiger partial charge < -0.3 is 14.7 Å². The van der Waals surface area contributed by atoms with Crippen LogP contribution >= 0.6 is 0 Å². The maximum atomic E-state index is 9.71. The highest BCUT2D eigenvalue weighted by Gasteiger charge is 2.30. The van der Waals surface area contributed by atoms with Gasteiger partial charge in [-0.1, -0.05) is 18.2 Å². The maximum absolute atomic E-state index is 9.71. The van der Waals surface area contributed by atoms with E-state index in [1.165, 1.54) is 24.1 Å². The molecule has 1 aromatic carbocycles. The zero-order chi connectivity index (χ0) is 13.9. The summed E-state index contributed by atoms with van der Waals surface area (Å²) in [4.78, 5) is 2.53. The highest BCUT2D eigenvalue weighted by Crippen LogP contribution is 2.39. The molecule has 0 saturated carbocycles. The quantitative estimate of drug-likeness (QED) is 0.917. The molecule has 2 atom stereocenters. The molecule has 0 amide bonds. The molecule has 2 aliphatic heterocycles. The molecule has 0 spiro atoms. The monoisotopic (exact) mass is 275 g/mol. The van der Waals surface area contributed by atoms with Crippen LogP contribution in [0.15, 0.2) is 24.3 Å². The number of anilines is 1. The Labute approximate surface area is 121 Å². The maximum Gasteiger partial charge on any atom is 0.0518 e. The van der Waals surface area contributed by atoms with Gasteiger partial charge in [0.15, 0.2) is 0 Å². The molecule has 2 heterocycles. The number of hydrogen-bond donors (Lipinski definition) is 1. The van der Waals surface area contributed by atoms with Crippen LogP contribution in [0.25, 0.3) is 0 Å². The molecule has 0 bridgehead atoms. The summed E-state index contributed by atoms with van der Waals surface area (Å²) >= 11 is 0. The molecule has 2 aliphatic rings. The van der Waals surface area contributed by atoms with Gasteiger partial charge in [-0.2, -0.15) is 0 Å². The number of para-hydroxylation sites is 1.